The zero-order chi connectivity index (χ0) is 11.3. The summed E-state index contributed by atoms with van der Waals surface area (Å²) in [7, 11) is 2.10. The van der Waals surface area contributed by atoms with E-state index in [1.807, 2.05) is 26.8 Å². The van der Waals surface area contributed by atoms with Crippen molar-refractivity contribution in [3.8, 4) is 5.88 Å². The van der Waals surface area contributed by atoms with E-state index in [-0.39, 0.29) is 0 Å². The van der Waals surface area contributed by atoms with Crippen LogP contribution in [0.5, 0.6) is 5.88 Å². The number of fused-ring (bicyclic) bond motifs is 1. The maximum atomic E-state index is 5.34. The molecule has 0 saturated carbocycles. The summed E-state index contributed by atoms with van der Waals surface area (Å²) in [4.78, 5) is 6.67. The summed E-state index contributed by atoms with van der Waals surface area (Å²) in [5, 5.41) is 0. The summed E-state index contributed by atoms with van der Waals surface area (Å²) in [6.45, 7) is 8.60. The molecule has 0 atom stereocenters. The van der Waals surface area contributed by atoms with Crippen molar-refractivity contribution in [2.45, 2.75) is 33.9 Å². The van der Waals surface area contributed by atoms with E-state index in [0.717, 1.165) is 24.7 Å². The molecular formula is C12H20N2O. The lowest BCUT2D eigenvalue weighted by Gasteiger charge is -2.03. The van der Waals surface area contributed by atoms with Crippen molar-refractivity contribution in [1.82, 2.24) is 9.88 Å². The molecule has 1 aliphatic heterocycles. The highest BCUT2D eigenvalue weighted by Crippen LogP contribution is 2.21. The average Bonchev–Trinajstić information content (AvgIpc) is 2.61. The van der Waals surface area contributed by atoms with Crippen LogP contribution < -0.4 is 4.74 Å². The standard InChI is InChI=1S/C10H14N2O.C2H6/c1-3-13-10-5-4-8-6-12(2)7-9(8)11-10;1-2/h4-5H,3,6-7H2,1-2H3;1-2H3. The largest absolute Gasteiger partial charge is 0.478 e. The Balaban J connectivity index is 0.000000531. The van der Waals surface area contributed by atoms with Crippen LogP contribution in [0.3, 0.4) is 0 Å². The second-order valence-corrected chi connectivity index (χ2v) is 3.36. The molecule has 1 aliphatic rings. The zero-order valence-corrected chi connectivity index (χ0v) is 10.1. The average molecular weight is 208 g/mol. The summed E-state index contributed by atoms with van der Waals surface area (Å²) < 4.78 is 5.34. The van der Waals surface area contributed by atoms with Crippen LogP contribution in [-0.4, -0.2) is 23.5 Å². The third-order valence-electron chi connectivity index (χ3n) is 2.20. The molecule has 0 amide bonds. The van der Waals surface area contributed by atoms with Crippen LogP contribution in [0.25, 0.3) is 0 Å². The molecule has 0 radical (unpaired) electrons. The number of pyridine rings is 1. The summed E-state index contributed by atoms with van der Waals surface area (Å²) in [5.74, 6) is 0.747. The highest BCUT2D eigenvalue weighted by molar-refractivity contribution is 5.28. The molecule has 84 valence electrons. The number of rotatable bonds is 2. The van der Waals surface area contributed by atoms with Gasteiger partial charge < -0.3 is 4.74 Å². The van der Waals surface area contributed by atoms with E-state index in [9.17, 15) is 0 Å². The van der Waals surface area contributed by atoms with Gasteiger partial charge in [-0.05, 0) is 19.5 Å². The monoisotopic (exact) mass is 208 g/mol. The molecule has 2 rings (SSSR count). The van der Waals surface area contributed by atoms with Gasteiger partial charge in [-0.3, -0.25) is 4.90 Å². The molecule has 0 aromatic carbocycles. The Morgan fingerprint density at radius 2 is 2.07 bits per heavy atom. The molecule has 0 aliphatic carbocycles. The number of nitrogens with zero attached hydrogens (tertiary/aromatic N) is 2. The first-order valence-corrected chi connectivity index (χ1v) is 5.59. The summed E-state index contributed by atoms with van der Waals surface area (Å²) in [6.07, 6.45) is 0. The molecule has 3 heteroatoms. The number of hydrogen-bond donors (Lipinski definition) is 0. The van der Waals surface area contributed by atoms with Crippen molar-refractivity contribution < 1.29 is 4.74 Å². The van der Waals surface area contributed by atoms with Crippen LogP contribution in [0, 0.1) is 0 Å². The maximum Gasteiger partial charge on any atom is 0.213 e. The fourth-order valence-electron chi connectivity index (χ4n) is 1.62. The lowest BCUT2D eigenvalue weighted by Crippen LogP contribution is -2.07. The predicted octanol–water partition coefficient (Wildman–Crippen LogP) is 2.45. The minimum atomic E-state index is 0.682. The SMILES string of the molecule is CC.CCOc1ccc2c(n1)CN(C)C2. The van der Waals surface area contributed by atoms with Crippen LogP contribution in [0.4, 0.5) is 0 Å². The van der Waals surface area contributed by atoms with Crippen LogP contribution in [-0.2, 0) is 13.1 Å². The quantitative estimate of drug-likeness (QED) is 0.746. The van der Waals surface area contributed by atoms with Crippen molar-refractivity contribution >= 4 is 0 Å². The fourth-order valence-corrected chi connectivity index (χ4v) is 1.62. The van der Waals surface area contributed by atoms with E-state index in [1.54, 1.807) is 0 Å². The number of hydrogen-bond acceptors (Lipinski definition) is 3. The first-order chi connectivity index (χ1) is 7.29. The minimum Gasteiger partial charge on any atom is -0.478 e. The van der Waals surface area contributed by atoms with Crippen molar-refractivity contribution in [2.24, 2.45) is 0 Å². The molecule has 0 bridgehead atoms. The summed E-state index contributed by atoms with van der Waals surface area (Å²) in [5.41, 5.74) is 2.49. The van der Waals surface area contributed by atoms with Crippen LogP contribution in [0.15, 0.2) is 12.1 Å². The molecule has 0 fully saturated rings. The molecule has 3 nitrogen and oxygen atoms in total. The van der Waals surface area contributed by atoms with Crippen molar-refractivity contribution in [3.63, 3.8) is 0 Å². The van der Waals surface area contributed by atoms with Gasteiger partial charge >= 0.3 is 0 Å². The second kappa shape index (κ2) is 5.71. The Morgan fingerprint density at radius 1 is 1.33 bits per heavy atom. The third-order valence-corrected chi connectivity index (χ3v) is 2.20. The minimum absolute atomic E-state index is 0.682. The molecule has 15 heavy (non-hydrogen) atoms. The van der Waals surface area contributed by atoms with Gasteiger partial charge in [-0.2, -0.15) is 0 Å². The van der Waals surface area contributed by atoms with Crippen LogP contribution >= 0.6 is 0 Å². The molecule has 2 heterocycles. The maximum absolute atomic E-state index is 5.34. The lowest BCUT2D eigenvalue weighted by molar-refractivity contribution is 0.323. The summed E-state index contributed by atoms with van der Waals surface area (Å²) >= 11 is 0. The Morgan fingerprint density at radius 3 is 2.73 bits per heavy atom. The first-order valence-electron chi connectivity index (χ1n) is 5.59. The van der Waals surface area contributed by atoms with E-state index in [2.05, 4.69) is 23.0 Å². The van der Waals surface area contributed by atoms with Crippen molar-refractivity contribution in [1.29, 1.82) is 0 Å². The van der Waals surface area contributed by atoms with E-state index in [1.165, 1.54) is 5.56 Å². The van der Waals surface area contributed by atoms with Gasteiger partial charge in [-0.25, -0.2) is 4.98 Å². The molecule has 1 aromatic rings. The van der Waals surface area contributed by atoms with E-state index in [0.29, 0.717) is 6.61 Å². The normalized spacial score (nSPS) is 14.1. The number of ether oxygens (including phenoxy) is 1. The van der Waals surface area contributed by atoms with Gasteiger partial charge in [0, 0.05) is 19.2 Å². The molecule has 0 N–H and O–H groups in total. The van der Waals surface area contributed by atoms with Gasteiger partial charge in [0.05, 0.1) is 12.3 Å². The number of aromatic nitrogens is 1. The Hall–Kier alpha value is -1.09. The Bertz CT molecular complexity index is 312. The Kier molecular flexibility index (Phi) is 4.56. The first kappa shape index (κ1) is 12.0. The van der Waals surface area contributed by atoms with E-state index >= 15 is 0 Å². The Labute approximate surface area is 92.1 Å². The van der Waals surface area contributed by atoms with E-state index in [4.69, 9.17) is 4.74 Å². The third kappa shape index (κ3) is 2.93. The van der Waals surface area contributed by atoms with Crippen molar-refractivity contribution in [3.05, 3.63) is 23.4 Å². The molecule has 0 saturated heterocycles. The van der Waals surface area contributed by atoms with E-state index < -0.39 is 0 Å². The zero-order valence-electron chi connectivity index (χ0n) is 10.1. The highest BCUT2D eigenvalue weighted by atomic mass is 16.5. The van der Waals surface area contributed by atoms with Gasteiger partial charge in [-0.1, -0.05) is 19.9 Å². The molecule has 0 unspecified atom stereocenters. The van der Waals surface area contributed by atoms with Crippen molar-refractivity contribution in [2.75, 3.05) is 13.7 Å². The van der Waals surface area contributed by atoms with Gasteiger partial charge in [0.1, 0.15) is 0 Å². The fraction of sp³-hybridized carbons (Fsp3) is 0.583. The molecule has 1 aromatic heterocycles. The van der Waals surface area contributed by atoms with Gasteiger partial charge in [0.2, 0.25) is 5.88 Å². The van der Waals surface area contributed by atoms with Crippen LogP contribution in [0.1, 0.15) is 32.0 Å². The van der Waals surface area contributed by atoms with Gasteiger partial charge in [0.15, 0.2) is 0 Å². The second-order valence-electron chi connectivity index (χ2n) is 3.36. The van der Waals surface area contributed by atoms with Gasteiger partial charge in [-0.15, -0.1) is 0 Å². The lowest BCUT2D eigenvalue weighted by atomic mass is 10.2. The predicted molar refractivity (Wildman–Crippen MR) is 61.9 cm³/mol. The van der Waals surface area contributed by atoms with Gasteiger partial charge in [0.25, 0.3) is 0 Å². The topological polar surface area (TPSA) is 25.4 Å². The molecule has 0 spiro atoms. The molecular weight excluding hydrogens is 188 g/mol. The highest BCUT2D eigenvalue weighted by Gasteiger charge is 2.16. The smallest absolute Gasteiger partial charge is 0.213 e. The van der Waals surface area contributed by atoms with Crippen LogP contribution in [0.2, 0.25) is 0 Å². The summed E-state index contributed by atoms with van der Waals surface area (Å²) in [6, 6.07) is 4.05.